The number of nitrogens with zero attached hydrogens (tertiary/aromatic N) is 1. The molecule has 1 aromatic heterocycles. The second kappa shape index (κ2) is 8.04. The van der Waals surface area contributed by atoms with E-state index < -0.39 is 12.6 Å². The van der Waals surface area contributed by atoms with Crippen molar-refractivity contribution in [3.05, 3.63) is 64.8 Å². The number of benzene rings is 2. The summed E-state index contributed by atoms with van der Waals surface area (Å²) in [6, 6.07) is 11.6. The van der Waals surface area contributed by atoms with E-state index in [1.165, 1.54) is 19.2 Å². The molecule has 0 saturated heterocycles. The summed E-state index contributed by atoms with van der Waals surface area (Å²) in [6.07, 6.45) is 3.29. The Morgan fingerprint density at radius 3 is 2.57 bits per heavy atom. The number of pyridine rings is 1. The van der Waals surface area contributed by atoms with E-state index in [0.29, 0.717) is 27.7 Å². The summed E-state index contributed by atoms with van der Waals surface area (Å²) in [5.74, 6) is -0.942. The van der Waals surface area contributed by atoms with Gasteiger partial charge in [0.05, 0.1) is 23.9 Å². The van der Waals surface area contributed by atoms with Crippen LogP contribution < -0.4 is 9.47 Å². The van der Waals surface area contributed by atoms with Gasteiger partial charge in [0.25, 0.3) is 0 Å². The van der Waals surface area contributed by atoms with Gasteiger partial charge in [-0.05, 0) is 42.3 Å². The third-order valence-electron chi connectivity index (χ3n) is 4.22. The van der Waals surface area contributed by atoms with Crippen LogP contribution in [0.4, 0.5) is 8.78 Å². The van der Waals surface area contributed by atoms with Crippen LogP contribution in [0.5, 0.6) is 11.5 Å². The zero-order valence-electron chi connectivity index (χ0n) is 15.1. The molecule has 0 bridgehead atoms. The van der Waals surface area contributed by atoms with Crippen LogP contribution in [-0.2, 0) is 0 Å². The highest BCUT2D eigenvalue weighted by molar-refractivity contribution is 6.04. The molecule has 0 aliphatic heterocycles. The maximum absolute atomic E-state index is 12.6. The zero-order valence-corrected chi connectivity index (χ0v) is 15.1. The molecule has 3 aromatic rings. The summed E-state index contributed by atoms with van der Waals surface area (Å²) in [5, 5.41) is 10.2. The van der Waals surface area contributed by atoms with E-state index >= 15 is 0 Å². The van der Waals surface area contributed by atoms with Crippen LogP contribution in [0.15, 0.2) is 42.5 Å². The number of carbonyl (C=O) groups is 1. The average Bonchev–Trinajstić information content (AvgIpc) is 2.65. The Bertz CT molecular complexity index is 1060. The van der Waals surface area contributed by atoms with Crippen LogP contribution in [0.25, 0.3) is 23.1 Å². The molecule has 144 valence electrons. The van der Waals surface area contributed by atoms with Gasteiger partial charge < -0.3 is 14.6 Å². The standard InChI is InChI=1S/C21H17F2NO4/c1-12-15(24-16-6-4-3-5-14(16)19(12)20(25)26)9-7-13-8-10-17(27-2)18(11-13)28-21(22)23/h3-11,21H,1-2H3,(H,25,26)/b9-7+. The highest BCUT2D eigenvalue weighted by atomic mass is 19.3. The molecular formula is C21H17F2NO4. The Hall–Kier alpha value is -3.48. The van der Waals surface area contributed by atoms with Crippen LogP contribution >= 0.6 is 0 Å². The Morgan fingerprint density at radius 1 is 1.14 bits per heavy atom. The van der Waals surface area contributed by atoms with E-state index in [-0.39, 0.29) is 17.1 Å². The van der Waals surface area contributed by atoms with E-state index in [9.17, 15) is 18.7 Å². The summed E-state index contributed by atoms with van der Waals surface area (Å²) >= 11 is 0. The van der Waals surface area contributed by atoms with Crippen molar-refractivity contribution in [2.24, 2.45) is 0 Å². The number of hydrogen-bond acceptors (Lipinski definition) is 4. The fourth-order valence-corrected chi connectivity index (χ4v) is 2.92. The lowest BCUT2D eigenvalue weighted by Crippen LogP contribution is -2.04. The smallest absolute Gasteiger partial charge is 0.387 e. The lowest BCUT2D eigenvalue weighted by atomic mass is 10.0. The van der Waals surface area contributed by atoms with Gasteiger partial charge in [0, 0.05) is 5.39 Å². The molecule has 7 heteroatoms. The number of carboxylic acids is 1. The molecule has 0 unspecified atom stereocenters. The van der Waals surface area contributed by atoms with Gasteiger partial charge in [-0.15, -0.1) is 0 Å². The lowest BCUT2D eigenvalue weighted by Gasteiger charge is -2.11. The van der Waals surface area contributed by atoms with Crippen molar-refractivity contribution in [2.75, 3.05) is 7.11 Å². The predicted octanol–water partition coefficient (Wildman–Crippen LogP) is 5.02. The van der Waals surface area contributed by atoms with Crippen molar-refractivity contribution < 1.29 is 28.2 Å². The quantitative estimate of drug-likeness (QED) is 0.645. The minimum Gasteiger partial charge on any atom is -0.493 e. The summed E-state index contributed by atoms with van der Waals surface area (Å²) in [6.45, 7) is -1.29. The van der Waals surface area contributed by atoms with Crippen molar-refractivity contribution in [3.63, 3.8) is 0 Å². The molecule has 0 saturated carbocycles. The normalized spacial score (nSPS) is 11.3. The maximum atomic E-state index is 12.6. The first-order chi connectivity index (χ1) is 13.4. The maximum Gasteiger partial charge on any atom is 0.387 e. The summed E-state index contributed by atoms with van der Waals surface area (Å²) in [4.78, 5) is 16.2. The number of para-hydroxylation sites is 1. The number of hydrogen-bond donors (Lipinski definition) is 1. The van der Waals surface area contributed by atoms with Gasteiger partial charge in [-0.3, -0.25) is 0 Å². The Morgan fingerprint density at radius 2 is 1.89 bits per heavy atom. The number of carboxylic acid groups (broad SMARTS) is 1. The molecular weight excluding hydrogens is 368 g/mol. The molecule has 0 atom stereocenters. The molecule has 0 fully saturated rings. The molecule has 0 spiro atoms. The molecule has 1 heterocycles. The first kappa shape index (κ1) is 19.3. The number of alkyl halides is 2. The Labute approximate surface area is 159 Å². The fraction of sp³-hybridized carbons (Fsp3) is 0.143. The number of aromatic nitrogens is 1. The van der Waals surface area contributed by atoms with Gasteiger partial charge in [0.1, 0.15) is 0 Å². The molecule has 28 heavy (non-hydrogen) atoms. The van der Waals surface area contributed by atoms with E-state index in [2.05, 4.69) is 9.72 Å². The minimum absolute atomic E-state index is 0.0888. The van der Waals surface area contributed by atoms with E-state index in [1.54, 1.807) is 49.4 Å². The lowest BCUT2D eigenvalue weighted by molar-refractivity contribution is -0.0512. The van der Waals surface area contributed by atoms with Crippen LogP contribution in [0.2, 0.25) is 0 Å². The Kier molecular flexibility index (Phi) is 5.54. The highest BCUT2D eigenvalue weighted by Gasteiger charge is 2.16. The molecule has 0 radical (unpaired) electrons. The van der Waals surface area contributed by atoms with Crippen molar-refractivity contribution in [1.82, 2.24) is 4.98 Å². The topological polar surface area (TPSA) is 68.7 Å². The summed E-state index contributed by atoms with van der Waals surface area (Å²) in [5.41, 5.74) is 2.30. The fourth-order valence-electron chi connectivity index (χ4n) is 2.92. The number of fused-ring (bicyclic) bond motifs is 1. The molecule has 0 aliphatic rings. The largest absolute Gasteiger partial charge is 0.493 e. The minimum atomic E-state index is -2.98. The second-order valence-corrected chi connectivity index (χ2v) is 5.94. The SMILES string of the molecule is COc1ccc(/C=C/c2nc3ccccc3c(C(=O)O)c2C)cc1OC(F)F. The van der Waals surface area contributed by atoms with Crippen molar-refractivity contribution in [3.8, 4) is 11.5 Å². The van der Waals surface area contributed by atoms with Gasteiger partial charge in [-0.2, -0.15) is 8.78 Å². The molecule has 5 nitrogen and oxygen atoms in total. The molecule has 2 aromatic carbocycles. The summed E-state index contributed by atoms with van der Waals surface area (Å²) < 4.78 is 34.6. The summed E-state index contributed by atoms with van der Waals surface area (Å²) in [7, 11) is 1.36. The van der Waals surface area contributed by atoms with Crippen LogP contribution in [0.3, 0.4) is 0 Å². The van der Waals surface area contributed by atoms with Gasteiger partial charge in [0.15, 0.2) is 11.5 Å². The van der Waals surface area contributed by atoms with Gasteiger partial charge in [0.2, 0.25) is 0 Å². The monoisotopic (exact) mass is 385 g/mol. The van der Waals surface area contributed by atoms with Crippen molar-refractivity contribution in [1.29, 1.82) is 0 Å². The first-order valence-electron chi connectivity index (χ1n) is 8.34. The van der Waals surface area contributed by atoms with E-state index in [4.69, 9.17) is 4.74 Å². The average molecular weight is 385 g/mol. The Balaban J connectivity index is 2.04. The van der Waals surface area contributed by atoms with Crippen molar-refractivity contribution >= 4 is 29.0 Å². The number of rotatable bonds is 6. The number of halogens is 2. The molecule has 0 amide bonds. The predicted molar refractivity (Wildman–Crippen MR) is 102 cm³/mol. The van der Waals surface area contributed by atoms with Gasteiger partial charge in [-0.1, -0.05) is 30.3 Å². The second-order valence-electron chi connectivity index (χ2n) is 5.94. The van der Waals surface area contributed by atoms with Crippen molar-refractivity contribution in [2.45, 2.75) is 13.5 Å². The number of ether oxygens (including phenoxy) is 2. The third-order valence-corrected chi connectivity index (χ3v) is 4.22. The first-order valence-corrected chi connectivity index (χ1v) is 8.34. The van der Waals surface area contributed by atoms with Crippen LogP contribution in [0.1, 0.15) is 27.2 Å². The van der Waals surface area contributed by atoms with E-state index in [0.717, 1.165) is 0 Å². The number of aromatic carboxylic acids is 1. The number of methoxy groups -OCH3 is 1. The molecule has 1 N–H and O–H groups in total. The molecule has 3 rings (SSSR count). The van der Waals surface area contributed by atoms with Crippen LogP contribution in [-0.4, -0.2) is 29.8 Å². The van der Waals surface area contributed by atoms with Gasteiger partial charge in [-0.25, -0.2) is 9.78 Å². The third kappa shape index (κ3) is 3.93. The van der Waals surface area contributed by atoms with Crippen LogP contribution in [0, 0.1) is 6.92 Å². The van der Waals surface area contributed by atoms with E-state index in [1.807, 2.05) is 0 Å². The zero-order chi connectivity index (χ0) is 20.3. The molecule has 0 aliphatic carbocycles. The highest BCUT2D eigenvalue weighted by Crippen LogP contribution is 2.30. The van der Waals surface area contributed by atoms with Gasteiger partial charge >= 0.3 is 12.6 Å².